The van der Waals surface area contributed by atoms with Crippen LogP contribution in [-0.4, -0.2) is 23.3 Å². The molecule has 0 aliphatic carbocycles. The molecule has 1 aliphatic heterocycles. The lowest BCUT2D eigenvalue weighted by molar-refractivity contribution is -0.140. The molecule has 5 nitrogen and oxygen atoms in total. The van der Waals surface area contributed by atoms with Crippen molar-refractivity contribution >= 4 is 40.5 Å². The van der Waals surface area contributed by atoms with Gasteiger partial charge >= 0.3 is 0 Å². The maximum absolute atomic E-state index is 13.2. The van der Waals surface area contributed by atoms with Gasteiger partial charge in [0, 0.05) is 21.3 Å². The number of nitriles is 1. The summed E-state index contributed by atoms with van der Waals surface area (Å²) >= 11 is 2.24. The van der Waals surface area contributed by atoms with Crippen LogP contribution < -0.4 is 0 Å². The minimum atomic E-state index is -0.554. The molecule has 0 saturated carbocycles. The molecule has 0 N–H and O–H groups in total. The van der Waals surface area contributed by atoms with E-state index in [-0.39, 0.29) is 17.7 Å². The summed E-state index contributed by atoms with van der Waals surface area (Å²) in [4.78, 5) is 27.1. The standard InChI is InChI=1S/C26H19IN2O3/c1-17-22(15-21-11-12-24(32-21)19-7-9-20(27)10-8-19)25(30)29(26(31)23(17)16-28)14-13-18-5-3-2-4-6-18/h2-12,15H,13-14H2,1H3/b22-15+. The molecule has 0 radical (unpaired) electrons. The first kappa shape index (κ1) is 21.8. The van der Waals surface area contributed by atoms with E-state index in [0.29, 0.717) is 23.5 Å². The lowest BCUT2D eigenvalue weighted by Crippen LogP contribution is -2.43. The number of carbonyl (C=O) groups excluding carboxylic acids is 2. The second-order valence-electron chi connectivity index (χ2n) is 7.38. The Bertz CT molecular complexity index is 1280. The van der Waals surface area contributed by atoms with Gasteiger partial charge in [-0.1, -0.05) is 42.5 Å². The van der Waals surface area contributed by atoms with Gasteiger partial charge in [0.1, 0.15) is 23.2 Å². The largest absolute Gasteiger partial charge is 0.457 e. The van der Waals surface area contributed by atoms with Crippen LogP contribution in [-0.2, 0) is 16.0 Å². The van der Waals surface area contributed by atoms with E-state index < -0.39 is 11.8 Å². The van der Waals surface area contributed by atoms with Crippen LogP contribution >= 0.6 is 22.6 Å². The fourth-order valence-electron chi connectivity index (χ4n) is 3.56. The predicted molar refractivity (Wildman–Crippen MR) is 130 cm³/mol. The third-order valence-corrected chi connectivity index (χ3v) is 6.05. The van der Waals surface area contributed by atoms with Gasteiger partial charge in [0.25, 0.3) is 11.8 Å². The molecule has 32 heavy (non-hydrogen) atoms. The summed E-state index contributed by atoms with van der Waals surface area (Å²) in [5, 5.41) is 9.56. The number of rotatable bonds is 5. The molecule has 0 fully saturated rings. The topological polar surface area (TPSA) is 74.3 Å². The molecular weight excluding hydrogens is 515 g/mol. The van der Waals surface area contributed by atoms with Crippen molar-refractivity contribution in [2.24, 2.45) is 0 Å². The summed E-state index contributed by atoms with van der Waals surface area (Å²) in [7, 11) is 0. The van der Waals surface area contributed by atoms with E-state index in [1.807, 2.05) is 66.7 Å². The first-order valence-electron chi connectivity index (χ1n) is 10.1. The van der Waals surface area contributed by atoms with Gasteiger partial charge in [-0.05, 0) is 77.4 Å². The van der Waals surface area contributed by atoms with Crippen LogP contribution in [0.2, 0.25) is 0 Å². The van der Waals surface area contributed by atoms with Gasteiger partial charge in [-0.2, -0.15) is 5.26 Å². The predicted octanol–water partition coefficient (Wildman–Crippen LogP) is 5.39. The first-order valence-corrected chi connectivity index (χ1v) is 11.1. The van der Waals surface area contributed by atoms with Gasteiger partial charge in [-0.25, -0.2) is 0 Å². The third kappa shape index (κ3) is 4.43. The summed E-state index contributed by atoms with van der Waals surface area (Å²) < 4.78 is 7.05. The second kappa shape index (κ2) is 9.37. The van der Waals surface area contributed by atoms with Gasteiger partial charge in [0.05, 0.1) is 0 Å². The molecule has 0 atom stereocenters. The van der Waals surface area contributed by atoms with Crippen molar-refractivity contribution in [1.29, 1.82) is 5.26 Å². The zero-order chi connectivity index (χ0) is 22.7. The average Bonchev–Trinajstić information content (AvgIpc) is 3.27. The molecule has 1 aliphatic rings. The number of benzene rings is 2. The highest BCUT2D eigenvalue weighted by Gasteiger charge is 2.35. The molecule has 0 bridgehead atoms. The molecule has 158 valence electrons. The monoisotopic (exact) mass is 534 g/mol. The van der Waals surface area contributed by atoms with E-state index in [0.717, 1.165) is 19.6 Å². The summed E-state index contributed by atoms with van der Waals surface area (Å²) in [6.45, 7) is 1.82. The Morgan fingerprint density at radius 3 is 2.41 bits per heavy atom. The van der Waals surface area contributed by atoms with Crippen LogP contribution in [0.15, 0.2) is 87.9 Å². The number of hydrogen-bond donors (Lipinski definition) is 0. The fraction of sp³-hybridized carbons (Fsp3) is 0.115. The van der Waals surface area contributed by atoms with Crippen molar-refractivity contribution in [2.45, 2.75) is 13.3 Å². The maximum Gasteiger partial charge on any atom is 0.271 e. The highest BCUT2D eigenvalue weighted by Crippen LogP contribution is 2.29. The highest BCUT2D eigenvalue weighted by atomic mass is 127. The molecule has 1 aromatic heterocycles. The van der Waals surface area contributed by atoms with Crippen LogP contribution in [0.1, 0.15) is 18.2 Å². The number of imide groups is 1. The van der Waals surface area contributed by atoms with Gasteiger partial charge in [-0.3, -0.25) is 14.5 Å². The summed E-state index contributed by atoms with van der Waals surface area (Å²) in [5.74, 6) is 0.184. The van der Waals surface area contributed by atoms with Crippen molar-refractivity contribution in [3.63, 3.8) is 0 Å². The lowest BCUT2D eigenvalue weighted by atomic mass is 9.94. The van der Waals surface area contributed by atoms with Gasteiger partial charge < -0.3 is 4.42 Å². The van der Waals surface area contributed by atoms with Crippen molar-refractivity contribution in [2.75, 3.05) is 6.54 Å². The van der Waals surface area contributed by atoms with Crippen molar-refractivity contribution in [3.8, 4) is 17.4 Å². The summed E-state index contributed by atoms with van der Waals surface area (Å²) in [5.41, 5.74) is 2.57. The number of hydrogen-bond acceptors (Lipinski definition) is 4. The van der Waals surface area contributed by atoms with E-state index in [9.17, 15) is 14.9 Å². The van der Waals surface area contributed by atoms with Gasteiger partial charge in [0.2, 0.25) is 0 Å². The Kier molecular flexibility index (Phi) is 6.37. The number of amides is 2. The molecule has 2 amide bonds. The van der Waals surface area contributed by atoms with Crippen LogP contribution in [0.5, 0.6) is 0 Å². The molecule has 3 aromatic rings. The fourth-order valence-corrected chi connectivity index (χ4v) is 3.92. The molecule has 4 rings (SSSR count). The van der Waals surface area contributed by atoms with E-state index in [1.54, 1.807) is 19.1 Å². The SMILES string of the molecule is CC1=C(C#N)C(=O)N(CCc2ccccc2)C(=O)/C1=C/c1ccc(-c2ccc(I)cc2)o1. The molecule has 2 heterocycles. The quantitative estimate of drug-likeness (QED) is 0.250. The third-order valence-electron chi connectivity index (χ3n) is 5.33. The zero-order valence-electron chi connectivity index (χ0n) is 17.3. The van der Waals surface area contributed by atoms with Gasteiger partial charge in [-0.15, -0.1) is 0 Å². The smallest absolute Gasteiger partial charge is 0.271 e. The highest BCUT2D eigenvalue weighted by molar-refractivity contribution is 14.1. The summed E-state index contributed by atoms with van der Waals surface area (Å²) in [6.07, 6.45) is 2.12. The Labute approximate surface area is 199 Å². The van der Waals surface area contributed by atoms with Crippen LogP contribution in [0.4, 0.5) is 0 Å². The molecule has 6 heteroatoms. The number of furan rings is 1. The minimum Gasteiger partial charge on any atom is -0.457 e. The Morgan fingerprint density at radius 1 is 1.00 bits per heavy atom. The minimum absolute atomic E-state index is 0.0201. The molecular formula is C26H19IN2O3. The number of halogens is 1. The maximum atomic E-state index is 13.2. The van der Waals surface area contributed by atoms with Crippen molar-refractivity contribution in [1.82, 2.24) is 4.90 Å². The van der Waals surface area contributed by atoms with Crippen molar-refractivity contribution in [3.05, 3.63) is 98.3 Å². The van der Waals surface area contributed by atoms with E-state index in [4.69, 9.17) is 4.42 Å². The normalized spacial score (nSPS) is 15.4. The van der Waals surface area contributed by atoms with E-state index in [2.05, 4.69) is 22.6 Å². The van der Waals surface area contributed by atoms with E-state index >= 15 is 0 Å². The number of carbonyl (C=O) groups is 2. The first-order chi connectivity index (χ1) is 15.5. The Balaban J connectivity index is 1.64. The zero-order valence-corrected chi connectivity index (χ0v) is 19.5. The lowest BCUT2D eigenvalue weighted by Gasteiger charge is -2.27. The van der Waals surface area contributed by atoms with Crippen LogP contribution in [0.3, 0.4) is 0 Å². The molecule has 0 saturated heterocycles. The summed E-state index contributed by atoms with van der Waals surface area (Å²) in [6, 6.07) is 23.1. The van der Waals surface area contributed by atoms with Crippen LogP contribution in [0.25, 0.3) is 17.4 Å². The second-order valence-corrected chi connectivity index (χ2v) is 8.62. The molecule has 0 spiro atoms. The molecule has 0 unspecified atom stereocenters. The van der Waals surface area contributed by atoms with Gasteiger partial charge in [0.15, 0.2) is 0 Å². The number of nitrogens with zero attached hydrogens (tertiary/aromatic N) is 2. The van der Waals surface area contributed by atoms with Crippen LogP contribution in [0, 0.1) is 14.9 Å². The Morgan fingerprint density at radius 2 is 1.72 bits per heavy atom. The van der Waals surface area contributed by atoms with E-state index in [1.165, 1.54) is 0 Å². The Hall–Kier alpha value is -3.44. The van der Waals surface area contributed by atoms with Crippen molar-refractivity contribution < 1.29 is 14.0 Å². The average molecular weight is 534 g/mol. The molecule has 2 aromatic carbocycles.